The largest absolute Gasteiger partial charge is 0.484 e. The summed E-state index contributed by atoms with van der Waals surface area (Å²) in [5.41, 5.74) is 6.91. The first-order chi connectivity index (χ1) is 13.2. The van der Waals surface area contributed by atoms with Gasteiger partial charge in [0.1, 0.15) is 11.4 Å². The smallest absolute Gasteiger partial charge is 0.422 e. The molecule has 0 aliphatic heterocycles. The molecule has 6 nitrogen and oxygen atoms in total. The molecule has 0 bridgehead atoms. The highest BCUT2D eigenvalue weighted by atomic mass is 19.4. The van der Waals surface area contributed by atoms with Gasteiger partial charge in [0, 0.05) is 11.7 Å². The number of carbonyl (C=O) groups excluding carboxylic acids is 1. The molecule has 29 heavy (non-hydrogen) atoms. The van der Waals surface area contributed by atoms with Crippen molar-refractivity contribution >= 4 is 5.91 Å². The molecular weight excluding hydrogens is 385 g/mol. The molecule has 2 aromatic rings. The first kappa shape index (κ1) is 24.4. The molecular formula is C20H27F3N4O2. The van der Waals surface area contributed by atoms with Crippen LogP contribution < -0.4 is 15.8 Å². The molecule has 0 spiro atoms. The molecule has 0 saturated carbocycles. The molecule has 1 aromatic carbocycles. The van der Waals surface area contributed by atoms with E-state index in [4.69, 9.17) is 5.73 Å². The van der Waals surface area contributed by atoms with Gasteiger partial charge in [-0.2, -0.15) is 13.2 Å². The third-order valence-electron chi connectivity index (χ3n) is 3.12. The van der Waals surface area contributed by atoms with Crippen molar-refractivity contribution in [2.45, 2.75) is 52.4 Å². The summed E-state index contributed by atoms with van der Waals surface area (Å²) in [5, 5.41) is 2.75. The molecule has 1 amide bonds. The lowest BCUT2D eigenvalue weighted by molar-refractivity contribution is -0.153. The maximum Gasteiger partial charge on any atom is 0.422 e. The highest BCUT2D eigenvalue weighted by Gasteiger charge is 2.28. The summed E-state index contributed by atoms with van der Waals surface area (Å²) in [6.45, 7) is 8.04. The summed E-state index contributed by atoms with van der Waals surface area (Å²) in [6, 6.07) is 5.69. The normalized spacial score (nSPS) is 12.4. The van der Waals surface area contributed by atoms with Gasteiger partial charge < -0.3 is 15.8 Å². The lowest BCUT2D eigenvalue weighted by Crippen LogP contribution is -2.27. The van der Waals surface area contributed by atoms with Crippen LogP contribution in [0.25, 0.3) is 0 Å². The van der Waals surface area contributed by atoms with Gasteiger partial charge in [-0.15, -0.1) is 0 Å². The Morgan fingerprint density at radius 1 is 1.17 bits per heavy atom. The molecule has 0 radical (unpaired) electrons. The summed E-state index contributed by atoms with van der Waals surface area (Å²) >= 11 is 0. The second-order valence-electron chi connectivity index (χ2n) is 7.58. The van der Waals surface area contributed by atoms with Gasteiger partial charge in [-0.3, -0.25) is 9.78 Å². The van der Waals surface area contributed by atoms with Crippen LogP contribution in [0.2, 0.25) is 0 Å². The maximum absolute atomic E-state index is 12.1. The summed E-state index contributed by atoms with van der Waals surface area (Å²) in [6.07, 6.45) is -1.47. The minimum Gasteiger partial charge on any atom is -0.484 e. The molecule has 3 N–H and O–H groups in total. The second kappa shape index (κ2) is 10.2. The molecule has 1 aromatic heterocycles. The van der Waals surface area contributed by atoms with Crippen molar-refractivity contribution in [2.75, 3.05) is 6.61 Å². The Kier molecular flexibility index (Phi) is 8.57. The average molecular weight is 412 g/mol. The maximum atomic E-state index is 12.1. The molecule has 0 fully saturated rings. The van der Waals surface area contributed by atoms with Crippen LogP contribution in [0.3, 0.4) is 0 Å². The van der Waals surface area contributed by atoms with Crippen LogP contribution in [0.1, 0.15) is 55.5 Å². The zero-order valence-electron chi connectivity index (χ0n) is 17.2. The van der Waals surface area contributed by atoms with Crippen LogP contribution in [0.4, 0.5) is 13.2 Å². The number of aryl methyl sites for hydroxylation is 1. The molecule has 1 unspecified atom stereocenters. The van der Waals surface area contributed by atoms with Gasteiger partial charge >= 0.3 is 6.18 Å². The zero-order valence-corrected chi connectivity index (χ0v) is 17.2. The number of nitrogens with zero attached hydrogens (tertiary/aromatic N) is 2. The Balaban J connectivity index is 0.000000749. The molecule has 160 valence electrons. The molecule has 1 atom stereocenters. The van der Waals surface area contributed by atoms with Gasteiger partial charge in [0.2, 0.25) is 0 Å². The van der Waals surface area contributed by atoms with E-state index in [1.165, 1.54) is 18.3 Å². The lowest BCUT2D eigenvalue weighted by atomic mass is 10.1. The number of carbonyl (C=O) groups is 1. The molecule has 1 heterocycles. The van der Waals surface area contributed by atoms with E-state index >= 15 is 0 Å². The van der Waals surface area contributed by atoms with Crippen molar-refractivity contribution < 1.29 is 22.7 Å². The van der Waals surface area contributed by atoms with Gasteiger partial charge in [-0.05, 0) is 52.3 Å². The molecule has 0 saturated heterocycles. The van der Waals surface area contributed by atoms with Crippen molar-refractivity contribution in [3.8, 4) is 5.75 Å². The predicted molar refractivity (Wildman–Crippen MR) is 105 cm³/mol. The number of halogens is 3. The van der Waals surface area contributed by atoms with Crippen LogP contribution in [-0.4, -0.2) is 34.2 Å². The van der Waals surface area contributed by atoms with Crippen LogP contribution in [0.15, 0.2) is 36.7 Å². The Morgan fingerprint density at radius 3 is 2.21 bits per heavy atom. The zero-order chi connectivity index (χ0) is 22.2. The molecule has 9 heteroatoms. The van der Waals surface area contributed by atoms with Gasteiger partial charge in [0.25, 0.3) is 5.91 Å². The summed E-state index contributed by atoms with van der Waals surface area (Å²) in [4.78, 5) is 20.1. The number of nitrogens with one attached hydrogen (secondary N) is 1. The number of hydrogen-bond acceptors (Lipinski definition) is 5. The summed E-state index contributed by atoms with van der Waals surface area (Å²) in [5.74, 6) is -0.268. The number of ether oxygens (including phenoxy) is 1. The number of hydrogen-bond donors (Lipinski definition) is 2. The Bertz CT molecular complexity index is 782. The van der Waals surface area contributed by atoms with Crippen molar-refractivity contribution in [3.05, 3.63) is 53.6 Å². The Hall–Kier alpha value is -2.68. The predicted octanol–water partition coefficient (Wildman–Crippen LogP) is 3.96. The SMILES string of the molecule is CC(C)(C)N.Cc1cncc(C(=O)NC(C)c2ccc(OCC(F)(F)F)cc2)n1. The topological polar surface area (TPSA) is 90.1 Å². The van der Waals surface area contributed by atoms with E-state index in [1.54, 1.807) is 32.2 Å². The third kappa shape index (κ3) is 11.0. The highest BCUT2D eigenvalue weighted by Crippen LogP contribution is 2.21. The number of alkyl halides is 3. The van der Waals surface area contributed by atoms with E-state index in [9.17, 15) is 18.0 Å². The van der Waals surface area contributed by atoms with E-state index in [0.717, 1.165) is 5.56 Å². The minimum absolute atomic E-state index is 0. The van der Waals surface area contributed by atoms with Gasteiger partial charge in [0.15, 0.2) is 6.61 Å². The van der Waals surface area contributed by atoms with E-state index in [0.29, 0.717) is 5.69 Å². The Morgan fingerprint density at radius 2 is 1.72 bits per heavy atom. The molecule has 0 aliphatic carbocycles. The number of rotatable bonds is 5. The molecule has 2 rings (SSSR count). The lowest BCUT2D eigenvalue weighted by Gasteiger charge is -2.15. The first-order valence-electron chi connectivity index (χ1n) is 8.92. The number of amides is 1. The number of nitrogens with two attached hydrogens (primary N) is 1. The fraction of sp³-hybridized carbons (Fsp3) is 0.450. The number of benzene rings is 1. The van der Waals surface area contributed by atoms with Crippen molar-refractivity contribution in [2.24, 2.45) is 5.73 Å². The first-order valence-corrected chi connectivity index (χ1v) is 8.92. The van der Waals surface area contributed by atoms with E-state index in [1.807, 2.05) is 20.8 Å². The standard InChI is InChI=1S/C16H16F3N3O2.C4H11N/c1-10-7-20-8-14(21-10)15(23)22-11(2)12-3-5-13(6-4-12)24-9-16(17,18)19;1-4(2,3)5/h3-8,11H,9H2,1-2H3,(H,22,23);5H2,1-3H3. The van der Waals surface area contributed by atoms with Crippen LogP contribution in [0, 0.1) is 6.92 Å². The van der Waals surface area contributed by atoms with Crippen molar-refractivity contribution in [1.82, 2.24) is 15.3 Å². The van der Waals surface area contributed by atoms with E-state index in [2.05, 4.69) is 20.0 Å². The van der Waals surface area contributed by atoms with Crippen LogP contribution >= 0.6 is 0 Å². The van der Waals surface area contributed by atoms with Gasteiger partial charge in [0.05, 0.1) is 17.9 Å². The Labute approximate surface area is 168 Å². The third-order valence-corrected chi connectivity index (χ3v) is 3.12. The summed E-state index contributed by atoms with van der Waals surface area (Å²) < 4.78 is 40.9. The van der Waals surface area contributed by atoms with Crippen molar-refractivity contribution in [3.63, 3.8) is 0 Å². The highest BCUT2D eigenvalue weighted by molar-refractivity contribution is 5.92. The number of aromatic nitrogens is 2. The summed E-state index contributed by atoms with van der Waals surface area (Å²) in [7, 11) is 0. The van der Waals surface area contributed by atoms with Gasteiger partial charge in [-0.25, -0.2) is 4.98 Å². The van der Waals surface area contributed by atoms with Crippen molar-refractivity contribution in [1.29, 1.82) is 0 Å². The average Bonchev–Trinajstić information content (AvgIpc) is 2.58. The second-order valence-corrected chi connectivity index (χ2v) is 7.58. The fourth-order valence-corrected chi connectivity index (χ4v) is 1.94. The van der Waals surface area contributed by atoms with E-state index < -0.39 is 12.8 Å². The minimum atomic E-state index is -4.38. The van der Waals surface area contributed by atoms with Crippen LogP contribution in [-0.2, 0) is 0 Å². The van der Waals surface area contributed by atoms with E-state index in [-0.39, 0.29) is 28.9 Å². The van der Waals surface area contributed by atoms with Crippen LogP contribution in [0.5, 0.6) is 5.75 Å². The fourth-order valence-electron chi connectivity index (χ4n) is 1.94. The molecule has 0 aliphatic rings. The monoisotopic (exact) mass is 412 g/mol. The van der Waals surface area contributed by atoms with Gasteiger partial charge in [-0.1, -0.05) is 12.1 Å². The quantitative estimate of drug-likeness (QED) is 0.776.